The van der Waals surface area contributed by atoms with Crippen LogP contribution in [0, 0.1) is 17.8 Å². The van der Waals surface area contributed by atoms with Crippen molar-refractivity contribution in [3.05, 3.63) is 177 Å². The quantitative estimate of drug-likeness (QED) is 0.0615. The molecular weight excluding hydrogens is 1300 g/mol. The van der Waals surface area contributed by atoms with E-state index in [2.05, 4.69) is 72.0 Å². The maximum Gasteiger partial charge on any atom is 0.410 e. The Kier molecular flexibility index (Phi) is 19.5. The highest BCUT2D eigenvalue weighted by molar-refractivity contribution is 6.00. The summed E-state index contributed by atoms with van der Waals surface area (Å²) in [5.41, 5.74) is 20.8. The number of nitrogen functional groups attached to an aromatic ring is 3. The van der Waals surface area contributed by atoms with Crippen molar-refractivity contribution < 1.29 is 41.7 Å². The van der Waals surface area contributed by atoms with Gasteiger partial charge in [-0.15, -0.1) is 12.4 Å². The van der Waals surface area contributed by atoms with Crippen LogP contribution in [0.3, 0.4) is 0 Å². The lowest BCUT2D eigenvalue weighted by Crippen LogP contribution is -2.35. The zero-order valence-corrected chi connectivity index (χ0v) is 54.4. The minimum Gasteiger partial charge on any atom is -0.444 e. The number of hydrogen-bond acceptors (Lipinski definition) is 22. The first kappa shape index (κ1) is 67.1. The monoisotopic (exact) mass is 1360 g/mol. The molecule has 99 heavy (non-hydrogen) atoms. The summed E-state index contributed by atoms with van der Waals surface area (Å²) in [7, 11) is 0. The molecule has 31 heteroatoms. The van der Waals surface area contributed by atoms with Gasteiger partial charge in [0.2, 0.25) is 41.4 Å². The lowest BCUT2D eigenvalue weighted by atomic mass is 10.1. The molecule has 3 atom stereocenters. The molecule has 0 aliphatic carbocycles. The minimum atomic E-state index is -0.764. The van der Waals surface area contributed by atoms with Crippen LogP contribution in [0.2, 0.25) is 0 Å². The molecule has 12 aromatic rings. The molecule has 12 heterocycles. The molecule has 7 N–H and O–H groups in total. The number of fused-ring (bicyclic) bond motifs is 3. The van der Waals surface area contributed by atoms with Gasteiger partial charge in [0.15, 0.2) is 16.9 Å². The van der Waals surface area contributed by atoms with Crippen LogP contribution in [0.25, 0.3) is 66.9 Å². The number of amides is 2. The van der Waals surface area contributed by atoms with E-state index in [-0.39, 0.29) is 106 Å². The van der Waals surface area contributed by atoms with Crippen LogP contribution in [-0.4, -0.2) is 141 Å². The highest BCUT2D eigenvalue weighted by Crippen LogP contribution is 2.40. The Bertz CT molecular complexity index is 4930. The van der Waals surface area contributed by atoms with Crippen LogP contribution < -0.4 is 36.7 Å². The highest BCUT2D eigenvalue weighted by atomic mass is 35.5. The van der Waals surface area contributed by atoms with Crippen molar-refractivity contribution >= 4 is 75.0 Å². The number of pyridine rings is 3. The predicted octanol–water partition coefficient (Wildman–Crippen LogP) is 11.3. The fourth-order valence-corrected chi connectivity index (χ4v) is 11.6. The third-order valence-corrected chi connectivity index (χ3v) is 16.2. The summed E-state index contributed by atoms with van der Waals surface area (Å²) in [6.45, 7) is 12.6. The molecule has 9 aromatic heterocycles. The fraction of sp³-hybridized carbons (Fsp3) is 0.235. The van der Waals surface area contributed by atoms with Gasteiger partial charge in [-0.25, -0.2) is 48.7 Å². The number of nitrogens with zero attached hydrogens (tertiary/aromatic N) is 17. The van der Waals surface area contributed by atoms with E-state index in [9.17, 15) is 14.0 Å². The summed E-state index contributed by atoms with van der Waals surface area (Å²) in [6, 6.07) is 36.3. The van der Waals surface area contributed by atoms with Crippen LogP contribution in [0.1, 0.15) is 58.2 Å². The number of halogens is 4. The summed E-state index contributed by atoms with van der Waals surface area (Å²) in [4.78, 5) is 65.0. The van der Waals surface area contributed by atoms with Gasteiger partial charge < -0.3 is 51.3 Å². The SMILES string of the molecule is C=CC(=O)N1CC[C@H](n2nc(-c3ccc(Oc4ccccc4)nc3F)c3c(N)ncnc32)C1.CC(C)(C)OC(=O)N1CC[C@H](n2nc(-c3ccc(Oc4ccccc4)nc3F)c3c(N)ncnc32)C1.Cl.Nc1ncnc2c1c(-c1ccc(Oc3ccccc3)nc1F)nn2[C@H]1CCNC1. The number of aromatic nitrogens is 15. The van der Waals surface area contributed by atoms with Crippen LogP contribution in [0.5, 0.6) is 34.9 Å². The smallest absolute Gasteiger partial charge is 0.410 e. The number of likely N-dealkylation sites (tertiary alicyclic amines) is 2. The summed E-state index contributed by atoms with van der Waals surface area (Å²) in [5, 5.41) is 18.7. The van der Waals surface area contributed by atoms with Crippen molar-refractivity contribution in [2.24, 2.45) is 0 Å². The number of rotatable bonds is 13. The Balaban J connectivity index is 0.000000141. The number of carbonyl (C=O) groups excluding carboxylic acids is 2. The molecule has 0 saturated carbocycles. The van der Waals surface area contributed by atoms with Gasteiger partial charge in [-0.3, -0.25) is 4.79 Å². The Morgan fingerprint density at radius 3 is 1.22 bits per heavy atom. The van der Waals surface area contributed by atoms with Gasteiger partial charge in [0.05, 0.1) is 51.0 Å². The number of benzene rings is 3. The molecule has 27 nitrogen and oxygen atoms in total. The number of anilines is 3. The number of ether oxygens (including phenoxy) is 4. The molecule has 3 aromatic carbocycles. The predicted molar refractivity (Wildman–Crippen MR) is 364 cm³/mol. The zero-order chi connectivity index (χ0) is 68.2. The number of carbonyl (C=O) groups is 2. The van der Waals surface area contributed by atoms with E-state index in [1.54, 1.807) is 96.6 Å². The van der Waals surface area contributed by atoms with Crippen LogP contribution in [0.4, 0.5) is 35.4 Å². The number of hydrogen-bond donors (Lipinski definition) is 4. The first-order chi connectivity index (χ1) is 47.4. The Morgan fingerprint density at radius 1 is 0.515 bits per heavy atom. The minimum absolute atomic E-state index is 0. The molecule has 0 bridgehead atoms. The number of para-hydroxylation sites is 3. The van der Waals surface area contributed by atoms with Crippen molar-refractivity contribution in [1.29, 1.82) is 0 Å². The van der Waals surface area contributed by atoms with Gasteiger partial charge in [-0.2, -0.15) is 43.4 Å². The summed E-state index contributed by atoms with van der Waals surface area (Å²) >= 11 is 0. The van der Waals surface area contributed by atoms with Crippen molar-refractivity contribution in [2.45, 2.75) is 63.8 Å². The molecule has 3 aliphatic heterocycles. The molecular formula is C68H65ClF3N21O6. The largest absolute Gasteiger partial charge is 0.444 e. The molecule has 2 amide bonds. The second kappa shape index (κ2) is 28.8. The van der Waals surface area contributed by atoms with E-state index in [4.69, 9.17) is 36.1 Å². The second-order valence-corrected chi connectivity index (χ2v) is 23.9. The zero-order valence-electron chi connectivity index (χ0n) is 53.6. The van der Waals surface area contributed by atoms with Gasteiger partial charge in [-0.1, -0.05) is 61.2 Å². The van der Waals surface area contributed by atoms with Gasteiger partial charge in [-0.05, 0) is 107 Å². The summed E-state index contributed by atoms with van der Waals surface area (Å²) < 4.78 is 72.8. The van der Waals surface area contributed by atoms with E-state index >= 15 is 8.78 Å². The summed E-state index contributed by atoms with van der Waals surface area (Å²) in [5.74, 6) is 0.298. The fourth-order valence-electron chi connectivity index (χ4n) is 11.6. The van der Waals surface area contributed by atoms with E-state index < -0.39 is 23.4 Å². The van der Waals surface area contributed by atoms with Crippen molar-refractivity contribution in [3.63, 3.8) is 0 Å². The second-order valence-electron chi connectivity index (χ2n) is 23.9. The molecule has 3 fully saturated rings. The van der Waals surface area contributed by atoms with Gasteiger partial charge in [0.1, 0.15) is 76.4 Å². The molecule has 15 rings (SSSR count). The van der Waals surface area contributed by atoms with E-state index in [0.717, 1.165) is 19.5 Å². The van der Waals surface area contributed by atoms with Crippen LogP contribution in [-0.2, 0) is 9.53 Å². The maximum atomic E-state index is 15.2. The lowest BCUT2D eigenvalue weighted by Gasteiger charge is -2.24. The van der Waals surface area contributed by atoms with Gasteiger partial charge in [0.25, 0.3) is 0 Å². The van der Waals surface area contributed by atoms with E-state index in [0.29, 0.717) is 95.1 Å². The van der Waals surface area contributed by atoms with Crippen molar-refractivity contribution in [2.75, 3.05) is 56.5 Å². The van der Waals surface area contributed by atoms with Gasteiger partial charge in [0, 0.05) is 50.9 Å². The topological polar surface area (TPSA) is 337 Å². The third kappa shape index (κ3) is 14.5. The molecule has 3 saturated heterocycles. The summed E-state index contributed by atoms with van der Waals surface area (Å²) in [6.07, 6.45) is 7.18. The Labute approximate surface area is 569 Å². The van der Waals surface area contributed by atoms with Crippen molar-refractivity contribution in [1.82, 2.24) is 89.3 Å². The highest BCUT2D eigenvalue weighted by Gasteiger charge is 2.35. The lowest BCUT2D eigenvalue weighted by molar-refractivity contribution is -0.125. The number of nitrogens with two attached hydrogens (primary N) is 3. The first-order valence-corrected chi connectivity index (χ1v) is 31.2. The molecule has 3 aliphatic rings. The molecule has 0 spiro atoms. The Hall–Kier alpha value is -11.9. The van der Waals surface area contributed by atoms with Crippen LogP contribution >= 0.6 is 12.4 Å². The van der Waals surface area contributed by atoms with Crippen LogP contribution in [0.15, 0.2) is 159 Å². The average Bonchev–Trinajstić information content (AvgIpc) is 1.62. The normalized spacial score (nSPS) is 15.8. The molecule has 0 unspecified atom stereocenters. The average molecular weight is 1360 g/mol. The first-order valence-electron chi connectivity index (χ1n) is 31.2. The van der Waals surface area contributed by atoms with Crippen molar-refractivity contribution in [3.8, 4) is 68.7 Å². The third-order valence-electron chi connectivity index (χ3n) is 16.2. The van der Waals surface area contributed by atoms with E-state index in [1.165, 1.54) is 25.1 Å². The molecule has 506 valence electrons. The van der Waals surface area contributed by atoms with Gasteiger partial charge >= 0.3 is 6.09 Å². The van der Waals surface area contributed by atoms with E-state index in [1.807, 2.05) is 75.4 Å². The Morgan fingerprint density at radius 2 is 0.879 bits per heavy atom. The standard InChI is InChI=1S/C25H26FN7O3.C23H20FN7O2.C20H18FN7O.ClH/c1-25(2,3)36-24(34)32-12-11-15(13-32)33-23-19(22(27)28-14-29-23)20(31-33)17-9-10-18(30-21(17)26)35-16-7-5-4-6-8-16;1-2-18(32)30-11-10-14(12-30)31-23-19(22(25)26-13-27-23)20(29-31)16-8-9-17(28-21(16)24)33-15-6-4-3-5-7-15;21-18-14(6-7-15(26-18)29-13-4-2-1-3-5-13)17-16-19(22)24-11-25-20(16)28(27-17)12-8-9-23-10-12;/h4-10,14-15H,11-13H2,1-3H3,(H2,27,28,29);2-9,13-14H,1,10-12H2,(H2,25,26,27);1-7,11-12,23H,8-10H2,(H2,22,24,25);1H/t15-;14-;12-;/m000./s1. The molecule has 0 radical (unpaired) electrons. The maximum absolute atomic E-state index is 15.2. The number of nitrogens with one attached hydrogen (secondary N) is 1.